The SMILES string of the molecule is CCOOP(=O)(OCc1cc(COP(=O)(OOCC)OOCC)c(COP(=O)(OOCC)OOCC)cc1COP(=O)(OOCC)OOCC)OOCC. The Balaban J connectivity index is 3.84. The van der Waals surface area contributed by atoms with Crippen LogP contribution in [0.3, 0.4) is 0 Å². The smallest absolute Gasteiger partial charge is 0.279 e. The molecule has 1 aromatic carbocycles. The van der Waals surface area contributed by atoms with E-state index in [2.05, 4.69) is 0 Å². The highest BCUT2D eigenvalue weighted by Crippen LogP contribution is 2.54. The van der Waals surface area contributed by atoms with Crippen molar-refractivity contribution in [1.29, 1.82) is 0 Å². The van der Waals surface area contributed by atoms with E-state index in [4.69, 9.17) is 94.6 Å². The van der Waals surface area contributed by atoms with Crippen LogP contribution in [0.5, 0.6) is 0 Å². The summed E-state index contributed by atoms with van der Waals surface area (Å²) in [4.78, 5) is 38.2. The van der Waals surface area contributed by atoms with Gasteiger partial charge in [0.15, 0.2) is 0 Å². The zero-order valence-electron chi connectivity index (χ0n) is 31.2. The molecule has 0 aromatic heterocycles. The Morgan fingerprint density at radius 3 is 0.593 bits per heavy atom. The Morgan fingerprint density at radius 1 is 0.315 bits per heavy atom. The van der Waals surface area contributed by atoms with Crippen LogP contribution in [-0.2, 0) is 139 Å². The van der Waals surface area contributed by atoms with E-state index in [0.717, 1.165) is 0 Å². The molecule has 0 amide bonds. The van der Waals surface area contributed by atoms with Gasteiger partial charge in [0.05, 0.1) is 79.3 Å². The van der Waals surface area contributed by atoms with E-state index in [9.17, 15) is 18.3 Å². The van der Waals surface area contributed by atoms with E-state index in [0.29, 0.717) is 0 Å². The van der Waals surface area contributed by atoms with Crippen molar-refractivity contribution >= 4 is 31.3 Å². The molecule has 0 atom stereocenters. The normalized spacial score (nSPS) is 12.9. The maximum absolute atomic E-state index is 13.3. The van der Waals surface area contributed by atoms with Gasteiger partial charge in [0, 0.05) is 0 Å². The third kappa shape index (κ3) is 20.7. The lowest BCUT2D eigenvalue weighted by Crippen LogP contribution is -2.10. The second-order valence-corrected chi connectivity index (χ2v) is 14.9. The van der Waals surface area contributed by atoms with Gasteiger partial charge in [-0.05, 0) is 77.6 Å². The Morgan fingerprint density at radius 2 is 0.463 bits per heavy atom. The van der Waals surface area contributed by atoms with Gasteiger partial charge in [-0.25, -0.2) is 57.4 Å². The maximum Gasteiger partial charge on any atom is 0.529 e. The Bertz CT molecular complexity index is 1110. The molecule has 0 aliphatic heterocycles. The highest BCUT2D eigenvalue weighted by Gasteiger charge is 2.36. The highest BCUT2D eigenvalue weighted by molar-refractivity contribution is 7.49. The third-order valence-corrected chi connectivity index (χ3v) is 9.21. The fraction of sp³-hybridized carbons (Fsp3) is 0.769. The van der Waals surface area contributed by atoms with Crippen LogP contribution in [0.25, 0.3) is 0 Å². The number of hydrogen-bond acceptors (Lipinski definition) is 24. The van der Waals surface area contributed by atoms with Gasteiger partial charge in [-0.15, -0.1) is 37.4 Å². The Hall–Kier alpha value is -0.660. The van der Waals surface area contributed by atoms with Crippen molar-refractivity contribution < 1.29 is 113 Å². The van der Waals surface area contributed by atoms with Crippen LogP contribution < -0.4 is 0 Å². The average molecular weight is 871 g/mol. The molecule has 0 unspecified atom stereocenters. The van der Waals surface area contributed by atoms with Crippen molar-refractivity contribution in [2.45, 2.75) is 81.8 Å². The van der Waals surface area contributed by atoms with E-state index in [1.54, 1.807) is 55.4 Å². The second-order valence-electron chi connectivity index (χ2n) is 9.12. The predicted octanol–water partition coefficient (Wildman–Crippen LogP) is 7.93. The van der Waals surface area contributed by atoms with Crippen LogP contribution in [-0.4, -0.2) is 52.9 Å². The van der Waals surface area contributed by atoms with Crippen LogP contribution in [0.4, 0.5) is 0 Å². The monoisotopic (exact) mass is 870 g/mol. The summed E-state index contributed by atoms with van der Waals surface area (Å²) < 4.78 is 113. The molecule has 0 heterocycles. The van der Waals surface area contributed by atoms with Gasteiger partial charge < -0.3 is 0 Å². The quantitative estimate of drug-likeness (QED) is 0.0352. The number of benzene rings is 1. The van der Waals surface area contributed by atoms with E-state index >= 15 is 0 Å². The van der Waals surface area contributed by atoms with Crippen LogP contribution in [0.1, 0.15) is 77.6 Å². The first-order valence-corrected chi connectivity index (χ1v) is 22.3. The molecule has 0 N–H and O–H groups in total. The fourth-order valence-electron chi connectivity index (χ4n) is 3.08. The van der Waals surface area contributed by atoms with Gasteiger partial charge in [0.25, 0.3) is 0 Å². The molecule has 0 aliphatic rings. The first kappa shape index (κ1) is 51.4. The van der Waals surface area contributed by atoms with Gasteiger partial charge in [-0.3, -0.25) is 18.1 Å². The zero-order valence-corrected chi connectivity index (χ0v) is 34.8. The molecule has 28 heteroatoms. The van der Waals surface area contributed by atoms with Crippen LogP contribution in [0.2, 0.25) is 0 Å². The lowest BCUT2D eigenvalue weighted by atomic mass is 9.99. The zero-order chi connectivity index (χ0) is 40.4. The van der Waals surface area contributed by atoms with Crippen LogP contribution >= 0.6 is 31.3 Å². The molecular weight excluding hydrogens is 820 g/mol. The molecule has 24 nitrogen and oxygen atoms in total. The van der Waals surface area contributed by atoms with E-state index in [1.165, 1.54) is 12.1 Å². The van der Waals surface area contributed by atoms with Gasteiger partial charge in [0.1, 0.15) is 0 Å². The molecule has 0 radical (unpaired) electrons. The first-order valence-electron chi connectivity index (χ1n) is 16.4. The van der Waals surface area contributed by atoms with Gasteiger partial charge >= 0.3 is 31.3 Å². The molecule has 318 valence electrons. The third-order valence-electron chi connectivity index (χ3n) is 5.13. The molecule has 1 rings (SSSR count). The van der Waals surface area contributed by atoms with Crippen molar-refractivity contribution in [2.75, 3.05) is 52.9 Å². The standard InChI is InChI=1S/C26H50O24P4/c1-9-31-43-51(27,44-32-10-2)39-19-23-17-25(21-41-53(29,47-35-13-5)48-36-14-6)26(22-42-54(30,49-37-15-7)50-38-16-8)18-24(23)20-40-52(28,45-33-11-3)46-34-12-4/h17-18H,9-16,19-22H2,1-8H3. The van der Waals surface area contributed by atoms with Gasteiger partial charge in [0.2, 0.25) is 0 Å². The predicted molar refractivity (Wildman–Crippen MR) is 178 cm³/mol. The minimum absolute atomic E-state index is 0.0510. The Labute approximate surface area is 313 Å². The lowest BCUT2D eigenvalue weighted by molar-refractivity contribution is -0.279. The van der Waals surface area contributed by atoms with Crippen LogP contribution in [0, 0.1) is 0 Å². The summed E-state index contributed by atoms with van der Waals surface area (Å²) in [7, 11) is -18.3. The molecule has 1 aromatic rings. The van der Waals surface area contributed by atoms with Gasteiger partial charge in [-0.2, -0.15) is 0 Å². The average Bonchev–Trinajstić information content (AvgIpc) is 3.18. The summed E-state index contributed by atoms with van der Waals surface area (Å²) in [6.45, 7) is 9.42. The summed E-state index contributed by atoms with van der Waals surface area (Å²) in [5.41, 5.74) is 0.343. The molecule has 0 aliphatic carbocycles. The Kier molecular flexibility index (Phi) is 27.3. The largest absolute Gasteiger partial charge is 0.529 e. The highest BCUT2D eigenvalue weighted by atomic mass is 31.2. The molecule has 54 heavy (non-hydrogen) atoms. The summed E-state index contributed by atoms with van der Waals surface area (Å²) in [5.74, 6) is 0. The van der Waals surface area contributed by atoms with Crippen molar-refractivity contribution in [3.63, 3.8) is 0 Å². The van der Waals surface area contributed by atoms with Crippen molar-refractivity contribution in [2.24, 2.45) is 0 Å². The summed E-state index contributed by atoms with van der Waals surface area (Å²) in [6, 6.07) is 2.68. The number of rotatable bonds is 36. The van der Waals surface area contributed by atoms with E-state index in [1.807, 2.05) is 0 Å². The van der Waals surface area contributed by atoms with Crippen molar-refractivity contribution in [3.05, 3.63) is 34.4 Å². The van der Waals surface area contributed by atoms with E-state index in [-0.39, 0.29) is 75.1 Å². The van der Waals surface area contributed by atoms with Crippen LogP contribution in [0.15, 0.2) is 12.1 Å². The first-order chi connectivity index (χ1) is 25.8. The minimum Gasteiger partial charge on any atom is -0.279 e. The van der Waals surface area contributed by atoms with E-state index < -0.39 is 57.7 Å². The van der Waals surface area contributed by atoms with Crippen molar-refractivity contribution in [1.82, 2.24) is 0 Å². The number of hydrogen-bond donors (Lipinski definition) is 0. The molecule has 0 fully saturated rings. The number of phosphoric acid groups is 4. The molecular formula is C26H50O24P4. The van der Waals surface area contributed by atoms with Gasteiger partial charge in [-0.1, -0.05) is 12.1 Å². The maximum atomic E-state index is 13.3. The van der Waals surface area contributed by atoms with Crippen molar-refractivity contribution in [3.8, 4) is 0 Å². The summed E-state index contributed by atoms with van der Waals surface area (Å²) >= 11 is 0. The molecule has 0 spiro atoms. The topological polar surface area (TPSA) is 253 Å². The minimum atomic E-state index is -4.57. The fourth-order valence-corrected chi connectivity index (χ4v) is 6.59. The molecule has 0 bridgehead atoms. The molecule has 0 saturated heterocycles. The summed E-state index contributed by atoms with van der Waals surface area (Å²) in [6.07, 6.45) is 0. The lowest BCUT2D eigenvalue weighted by Gasteiger charge is -2.22. The summed E-state index contributed by atoms with van der Waals surface area (Å²) in [5, 5.41) is 0. The second kappa shape index (κ2) is 28.7. The molecule has 0 saturated carbocycles.